The molecule has 4 aromatic rings. The Balaban J connectivity index is 1.63. The van der Waals surface area contributed by atoms with Gasteiger partial charge in [-0.05, 0) is 28.8 Å². The van der Waals surface area contributed by atoms with E-state index in [-0.39, 0.29) is 0 Å². The number of amides is 3. The van der Waals surface area contributed by atoms with E-state index in [0.717, 1.165) is 11.1 Å². The number of carbonyl (C=O) groups is 3. The summed E-state index contributed by atoms with van der Waals surface area (Å²) < 4.78 is 0. The minimum Gasteiger partial charge on any atom is -0.381 e. The van der Waals surface area contributed by atoms with Gasteiger partial charge in [0.15, 0.2) is 6.10 Å². The van der Waals surface area contributed by atoms with Crippen molar-refractivity contribution in [3.8, 4) is 0 Å². The number of hydrogen-bond acceptors (Lipinski definition) is 4. The van der Waals surface area contributed by atoms with Gasteiger partial charge in [0, 0.05) is 11.5 Å². The molecule has 7 nitrogen and oxygen atoms in total. The molecule has 0 aromatic heterocycles. The Kier molecular flexibility index (Phi) is 8.64. The van der Waals surface area contributed by atoms with Gasteiger partial charge in [-0.25, -0.2) is 0 Å². The number of aliphatic hydroxyl groups excluding tert-OH is 1. The molecule has 5 N–H and O–H groups in total. The molecule has 4 aromatic carbocycles. The van der Waals surface area contributed by atoms with Gasteiger partial charge in [-0.2, -0.15) is 0 Å². The summed E-state index contributed by atoms with van der Waals surface area (Å²) in [4.78, 5) is 39.1. The van der Waals surface area contributed by atoms with E-state index >= 15 is 0 Å². The van der Waals surface area contributed by atoms with Crippen LogP contribution in [-0.4, -0.2) is 35.0 Å². The molecule has 192 valence electrons. The Morgan fingerprint density at radius 3 is 1.47 bits per heavy atom. The number of nitrogens with two attached hydrogens (primary N) is 1. The van der Waals surface area contributed by atoms with Gasteiger partial charge in [-0.3, -0.25) is 14.4 Å². The zero-order valence-corrected chi connectivity index (χ0v) is 20.6. The maximum absolute atomic E-state index is 13.4. The number of rotatable bonds is 10. The van der Waals surface area contributed by atoms with E-state index in [4.69, 9.17) is 5.73 Å². The highest BCUT2D eigenvalue weighted by Gasteiger charge is 2.35. The molecule has 0 heterocycles. The smallest absolute Gasteiger partial charge is 0.252 e. The van der Waals surface area contributed by atoms with Gasteiger partial charge in [-0.15, -0.1) is 0 Å². The summed E-state index contributed by atoms with van der Waals surface area (Å²) >= 11 is 0. The van der Waals surface area contributed by atoms with Crippen LogP contribution in [0.2, 0.25) is 0 Å². The highest BCUT2D eigenvalue weighted by atomic mass is 16.3. The van der Waals surface area contributed by atoms with E-state index in [1.807, 2.05) is 60.7 Å². The van der Waals surface area contributed by atoms with Crippen LogP contribution in [0, 0.1) is 0 Å². The third-order valence-electron chi connectivity index (χ3n) is 6.32. The molecule has 4 rings (SSSR count). The van der Waals surface area contributed by atoms with E-state index in [0.29, 0.717) is 11.1 Å². The Bertz CT molecular complexity index is 1310. The fourth-order valence-electron chi connectivity index (χ4n) is 4.43. The summed E-state index contributed by atoms with van der Waals surface area (Å²) in [5.74, 6) is -2.65. The van der Waals surface area contributed by atoms with E-state index in [1.54, 1.807) is 60.7 Å². The van der Waals surface area contributed by atoms with Crippen LogP contribution in [0.3, 0.4) is 0 Å². The largest absolute Gasteiger partial charge is 0.381 e. The predicted molar refractivity (Wildman–Crippen MR) is 145 cm³/mol. The Hall–Kier alpha value is -4.75. The van der Waals surface area contributed by atoms with Gasteiger partial charge in [-0.1, -0.05) is 109 Å². The van der Waals surface area contributed by atoms with Crippen molar-refractivity contribution in [1.82, 2.24) is 10.6 Å². The lowest BCUT2D eigenvalue weighted by Crippen LogP contribution is -2.53. The third kappa shape index (κ3) is 6.32. The Morgan fingerprint density at radius 2 is 1.03 bits per heavy atom. The second-order valence-corrected chi connectivity index (χ2v) is 8.86. The van der Waals surface area contributed by atoms with Crippen LogP contribution in [0.15, 0.2) is 121 Å². The number of primary amides is 1. The molecule has 0 fully saturated rings. The van der Waals surface area contributed by atoms with Crippen molar-refractivity contribution in [2.75, 3.05) is 0 Å². The van der Waals surface area contributed by atoms with Gasteiger partial charge < -0.3 is 21.5 Å². The predicted octanol–water partition coefficient (Wildman–Crippen LogP) is 3.32. The third-order valence-corrected chi connectivity index (χ3v) is 6.32. The van der Waals surface area contributed by atoms with Crippen molar-refractivity contribution >= 4 is 17.7 Å². The van der Waals surface area contributed by atoms with Crippen molar-refractivity contribution in [3.05, 3.63) is 144 Å². The van der Waals surface area contributed by atoms with Crippen molar-refractivity contribution < 1.29 is 19.5 Å². The van der Waals surface area contributed by atoms with Crippen LogP contribution >= 0.6 is 0 Å². The first-order chi connectivity index (χ1) is 18.5. The molecule has 7 heteroatoms. The highest BCUT2D eigenvalue weighted by molar-refractivity contribution is 5.95. The molecule has 38 heavy (non-hydrogen) atoms. The van der Waals surface area contributed by atoms with Gasteiger partial charge in [0.05, 0.1) is 6.04 Å². The van der Waals surface area contributed by atoms with Gasteiger partial charge in [0.25, 0.3) is 11.8 Å². The second kappa shape index (κ2) is 12.5. The second-order valence-electron chi connectivity index (χ2n) is 8.86. The first-order valence-corrected chi connectivity index (χ1v) is 12.2. The van der Waals surface area contributed by atoms with E-state index < -0.39 is 41.8 Å². The standard InChI is InChI=1S/C31H29N3O4/c32-29(36)27(25(21-13-5-1-6-14-21)22-15-7-2-8-16-22)34-31(38)28(35)26(23-17-9-3-10-18-23)33-30(37)24-19-11-4-12-20-24/h1-20,25-28,35H,(H2,32,36)(H,33,37)(H,34,38)/t26-,27-,28+/m0/s1. The maximum Gasteiger partial charge on any atom is 0.252 e. The summed E-state index contributed by atoms with van der Waals surface area (Å²) in [6, 6.07) is 33.4. The molecule has 0 saturated carbocycles. The summed E-state index contributed by atoms with van der Waals surface area (Å²) in [6.07, 6.45) is -1.71. The monoisotopic (exact) mass is 507 g/mol. The van der Waals surface area contributed by atoms with Crippen molar-refractivity contribution in [2.45, 2.75) is 24.1 Å². The normalized spacial score (nSPS) is 13.2. The molecular weight excluding hydrogens is 478 g/mol. The number of nitrogens with one attached hydrogen (secondary N) is 2. The highest BCUT2D eigenvalue weighted by Crippen LogP contribution is 2.29. The lowest BCUT2D eigenvalue weighted by atomic mass is 9.84. The van der Waals surface area contributed by atoms with E-state index in [2.05, 4.69) is 10.6 Å². The molecule has 0 aliphatic rings. The van der Waals surface area contributed by atoms with Crippen LogP contribution in [0.1, 0.15) is 39.0 Å². The average Bonchev–Trinajstić information content (AvgIpc) is 2.97. The van der Waals surface area contributed by atoms with Crippen molar-refractivity contribution in [1.29, 1.82) is 0 Å². The molecule has 0 bridgehead atoms. The molecule has 0 spiro atoms. The van der Waals surface area contributed by atoms with Crippen molar-refractivity contribution in [2.24, 2.45) is 5.73 Å². The minimum absolute atomic E-state index is 0.379. The molecule has 0 aliphatic heterocycles. The number of hydrogen-bond donors (Lipinski definition) is 4. The van der Waals surface area contributed by atoms with E-state index in [1.165, 1.54) is 0 Å². The summed E-state index contributed by atoms with van der Waals surface area (Å²) in [5.41, 5.74) is 8.25. The van der Waals surface area contributed by atoms with Crippen LogP contribution in [-0.2, 0) is 9.59 Å². The quantitative estimate of drug-likeness (QED) is 0.263. The first-order valence-electron chi connectivity index (χ1n) is 12.2. The molecule has 3 amide bonds. The number of carbonyl (C=O) groups excluding carboxylic acids is 3. The Morgan fingerprint density at radius 1 is 0.605 bits per heavy atom. The minimum atomic E-state index is -1.71. The molecule has 0 unspecified atom stereocenters. The lowest BCUT2D eigenvalue weighted by Gasteiger charge is -2.29. The van der Waals surface area contributed by atoms with Gasteiger partial charge in [0.1, 0.15) is 6.04 Å². The van der Waals surface area contributed by atoms with Crippen LogP contribution < -0.4 is 16.4 Å². The summed E-state index contributed by atoms with van der Waals surface area (Å²) in [6.45, 7) is 0. The zero-order valence-electron chi connectivity index (χ0n) is 20.6. The molecule has 0 saturated heterocycles. The summed E-state index contributed by atoms with van der Waals surface area (Å²) in [7, 11) is 0. The van der Waals surface area contributed by atoms with Crippen molar-refractivity contribution in [3.63, 3.8) is 0 Å². The Labute approximate surface area is 221 Å². The van der Waals surface area contributed by atoms with Crippen LogP contribution in [0.4, 0.5) is 0 Å². The maximum atomic E-state index is 13.4. The molecule has 3 atom stereocenters. The van der Waals surface area contributed by atoms with Gasteiger partial charge in [0.2, 0.25) is 5.91 Å². The van der Waals surface area contributed by atoms with Crippen LogP contribution in [0.25, 0.3) is 0 Å². The molecule has 0 aliphatic carbocycles. The fraction of sp³-hybridized carbons (Fsp3) is 0.129. The zero-order chi connectivity index (χ0) is 26.9. The lowest BCUT2D eigenvalue weighted by molar-refractivity contribution is -0.134. The summed E-state index contributed by atoms with van der Waals surface area (Å²) in [5, 5.41) is 16.6. The fourth-order valence-corrected chi connectivity index (χ4v) is 4.43. The number of aliphatic hydroxyl groups is 1. The van der Waals surface area contributed by atoms with E-state index in [9.17, 15) is 19.5 Å². The number of benzene rings is 4. The average molecular weight is 508 g/mol. The SMILES string of the molecule is NC(=O)[C@@H](NC(=O)[C@H](O)[C@@H](NC(=O)c1ccccc1)c1ccccc1)C(c1ccccc1)c1ccccc1. The van der Waals surface area contributed by atoms with Gasteiger partial charge >= 0.3 is 0 Å². The van der Waals surface area contributed by atoms with Crippen LogP contribution in [0.5, 0.6) is 0 Å². The molecule has 0 radical (unpaired) electrons. The molecular formula is C31H29N3O4. The first kappa shape index (κ1) is 26.3. The topological polar surface area (TPSA) is 122 Å².